The van der Waals surface area contributed by atoms with Gasteiger partial charge in [-0.2, -0.15) is 4.98 Å². The van der Waals surface area contributed by atoms with Gasteiger partial charge in [-0.3, -0.25) is 9.59 Å². The number of likely N-dealkylation sites (tertiary alicyclic amines) is 1. The van der Waals surface area contributed by atoms with Crippen LogP contribution in [0.3, 0.4) is 0 Å². The van der Waals surface area contributed by atoms with Crippen LogP contribution in [0.15, 0.2) is 30.6 Å². The predicted molar refractivity (Wildman–Crippen MR) is 163 cm³/mol. The average Bonchev–Trinajstić information content (AvgIpc) is 3.63. The summed E-state index contributed by atoms with van der Waals surface area (Å²) < 4.78 is 7.58. The molecule has 1 atom stereocenters. The van der Waals surface area contributed by atoms with Crippen LogP contribution < -0.4 is 5.32 Å². The van der Waals surface area contributed by atoms with Crippen LogP contribution in [0.2, 0.25) is 0 Å². The SMILES string of the molecule is CN(C)C(=O)c1cc2cnc(Nc3ccc(C(=O)N4CCCC(N(C)C(=O)OC(C)(C)C)C4)cn3)nc2n1C1CCCC1. The second-order valence-corrected chi connectivity index (χ2v) is 12.7. The largest absolute Gasteiger partial charge is 0.444 e. The number of carbonyl (C=O) groups excluding carboxylic acids is 3. The van der Waals surface area contributed by atoms with E-state index in [-0.39, 0.29) is 30.0 Å². The third kappa shape index (κ3) is 6.73. The molecule has 1 saturated heterocycles. The minimum Gasteiger partial charge on any atom is -0.444 e. The quantitative estimate of drug-likeness (QED) is 0.432. The molecule has 12 heteroatoms. The maximum Gasteiger partial charge on any atom is 0.410 e. The molecule has 0 radical (unpaired) electrons. The highest BCUT2D eigenvalue weighted by atomic mass is 16.6. The molecule has 1 aliphatic heterocycles. The Bertz CT molecular complexity index is 1490. The fourth-order valence-corrected chi connectivity index (χ4v) is 5.82. The number of anilines is 2. The lowest BCUT2D eigenvalue weighted by Crippen LogP contribution is -2.51. The molecule has 3 aromatic rings. The maximum absolute atomic E-state index is 13.3. The lowest BCUT2D eigenvalue weighted by Gasteiger charge is -2.38. The zero-order valence-corrected chi connectivity index (χ0v) is 26.0. The summed E-state index contributed by atoms with van der Waals surface area (Å²) in [7, 11) is 5.23. The molecule has 2 fully saturated rings. The Morgan fingerprint density at radius 2 is 1.74 bits per heavy atom. The summed E-state index contributed by atoms with van der Waals surface area (Å²) in [4.78, 5) is 57.5. The van der Waals surface area contributed by atoms with Gasteiger partial charge in [-0.25, -0.2) is 14.8 Å². The number of aromatic nitrogens is 4. The van der Waals surface area contributed by atoms with Crippen LogP contribution in [-0.2, 0) is 4.74 Å². The molecule has 0 bridgehead atoms. The van der Waals surface area contributed by atoms with Crippen molar-refractivity contribution >= 4 is 40.7 Å². The zero-order valence-electron chi connectivity index (χ0n) is 26.0. The predicted octanol–water partition coefficient (Wildman–Crippen LogP) is 4.86. The number of piperidine rings is 1. The Balaban J connectivity index is 1.29. The van der Waals surface area contributed by atoms with Crippen LogP contribution in [0.5, 0.6) is 0 Å². The van der Waals surface area contributed by atoms with E-state index in [2.05, 4.69) is 19.9 Å². The van der Waals surface area contributed by atoms with Crippen LogP contribution in [0.4, 0.5) is 16.6 Å². The summed E-state index contributed by atoms with van der Waals surface area (Å²) in [6.07, 6.45) is 8.75. The fraction of sp³-hybridized carbons (Fsp3) is 0.548. The number of rotatable bonds is 6. The zero-order chi connectivity index (χ0) is 30.9. The van der Waals surface area contributed by atoms with Crippen LogP contribution in [0, 0.1) is 0 Å². The van der Waals surface area contributed by atoms with Crippen molar-refractivity contribution < 1.29 is 19.1 Å². The van der Waals surface area contributed by atoms with Crippen LogP contribution in [-0.4, -0.2) is 98.0 Å². The first kappa shape index (κ1) is 30.2. The Morgan fingerprint density at radius 3 is 2.40 bits per heavy atom. The molecule has 12 nitrogen and oxygen atoms in total. The number of carbonyl (C=O) groups is 3. The Kier molecular flexibility index (Phi) is 8.57. The molecule has 1 aliphatic carbocycles. The molecule has 1 unspecified atom stereocenters. The minimum atomic E-state index is -0.581. The van der Waals surface area contributed by atoms with E-state index in [1.165, 1.54) is 0 Å². The van der Waals surface area contributed by atoms with E-state index in [9.17, 15) is 14.4 Å². The molecule has 5 rings (SSSR count). The summed E-state index contributed by atoms with van der Waals surface area (Å²) in [5.74, 6) is 0.675. The number of pyridine rings is 1. The lowest BCUT2D eigenvalue weighted by atomic mass is 10.0. The van der Waals surface area contributed by atoms with Gasteiger partial charge in [0.05, 0.1) is 11.6 Å². The number of hydrogen-bond acceptors (Lipinski definition) is 8. The Morgan fingerprint density at radius 1 is 1.00 bits per heavy atom. The van der Waals surface area contributed by atoms with E-state index < -0.39 is 5.60 Å². The van der Waals surface area contributed by atoms with Crippen LogP contribution >= 0.6 is 0 Å². The molecule has 1 saturated carbocycles. The van der Waals surface area contributed by atoms with Crippen LogP contribution in [0.1, 0.15) is 86.2 Å². The minimum absolute atomic E-state index is 0.0576. The second-order valence-electron chi connectivity index (χ2n) is 12.7. The summed E-state index contributed by atoms with van der Waals surface area (Å²) in [5.41, 5.74) is 1.22. The summed E-state index contributed by atoms with van der Waals surface area (Å²) in [6, 6.07) is 5.43. The summed E-state index contributed by atoms with van der Waals surface area (Å²) >= 11 is 0. The number of fused-ring (bicyclic) bond motifs is 1. The van der Waals surface area contributed by atoms with Gasteiger partial charge >= 0.3 is 6.09 Å². The molecular formula is C31H42N8O4. The normalized spacial score (nSPS) is 17.6. The third-order valence-corrected chi connectivity index (χ3v) is 8.05. The van der Waals surface area contributed by atoms with Gasteiger partial charge in [0, 0.05) is 58.1 Å². The summed E-state index contributed by atoms with van der Waals surface area (Å²) in [6.45, 7) is 6.56. The number of hydrogen-bond donors (Lipinski definition) is 1. The molecule has 0 aromatic carbocycles. The molecule has 230 valence electrons. The highest BCUT2D eigenvalue weighted by Gasteiger charge is 2.31. The molecule has 0 spiro atoms. The number of amides is 3. The molecule has 3 aromatic heterocycles. The number of nitrogens with one attached hydrogen (secondary N) is 1. The van der Waals surface area contributed by atoms with Crippen molar-refractivity contribution in [2.24, 2.45) is 0 Å². The first-order valence-electron chi connectivity index (χ1n) is 15.0. The molecule has 3 amide bonds. The fourth-order valence-electron chi connectivity index (χ4n) is 5.82. The van der Waals surface area contributed by atoms with Gasteiger partial charge in [-0.1, -0.05) is 12.8 Å². The Labute approximate surface area is 252 Å². The van der Waals surface area contributed by atoms with Gasteiger partial charge in [0.1, 0.15) is 22.8 Å². The maximum atomic E-state index is 13.3. The average molecular weight is 591 g/mol. The van der Waals surface area contributed by atoms with Crippen molar-refractivity contribution in [1.29, 1.82) is 0 Å². The topological polar surface area (TPSA) is 126 Å². The van der Waals surface area contributed by atoms with E-state index in [1.807, 2.05) is 26.8 Å². The van der Waals surface area contributed by atoms with Crippen molar-refractivity contribution in [1.82, 2.24) is 34.2 Å². The third-order valence-electron chi connectivity index (χ3n) is 8.05. The Hall–Kier alpha value is -4.22. The molecule has 4 heterocycles. The molecule has 43 heavy (non-hydrogen) atoms. The molecular weight excluding hydrogens is 548 g/mol. The number of nitrogens with zero attached hydrogens (tertiary/aromatic N) is 7. The highest BCUT2D eigenvalue weighted by Crippen LogP contribution is 2.35. The van der Waals surface area contributed by atoms with Crippen molar-refractivity contribution in [3.8, 4) is 0 Å². The van der Waals surface area contributed by atoms with Gasteiger partial charge in [0.25, 0.3) is 11.8 Å². The number of ether oxygens (including phenoxy) is 1. The van der Waals surface area contributed by atoms with Gasteiger partial charge in [-0.15, -0.1) is 0 Å². The van der Waals surface area contributed by atoms with Gasteiger partial charge < -0.3 is 29.3 Å². The van der Waals surface area contributed by atoms with Crippen molar-refractivity contribution in [3.05, 3.63) is 41.9 Å². The number of likely N-dealkylation sites (N-methyl/N-ethyl adjacent to an activating group) is 1. The standard InChI is InChI=1S/C31H42N8O4/c1-31(2,3)43-30(42)37(6)23-12-9-15-38(19-23)27(40)20-13-14-25(32-17-20)34-29-33-18-21-16-24(28(41)36(4)5)39(26(21)35-29)22-10-7-8-11-22/h13-14,16-18,22-23H,7-12,15,19H2,1-6H3,(H,32,33,34,35). The first-order valence-corrected chi connectivity index (χ1v) is 15.0. The van der Waals surface area contributed by atoms with E-state index in [0.29, 0.717) is 36.1 Å². The van der Waals surface area contributed by atoms with E-state index >= 15 is 0 Å². The van der Waals surface area contributed by atoms with Crippen molar-refractivity contribution in [2.75, 3.05) is 39.5 Å². The smallest absolute Gasteiger partial charge is 0.410 e. The first-order chi connectivity index (χ1) is 20.4. The van der Waals surface area contributed by atoms with Gasteiger partial charge in [0.2, 0.25) is 5.95 Å². The van der Waals surface area contributed by atoms with Crippen molar-refractivity contribution in [2.45, 2.75) is 77.0 Å². The molecule has 2 aliphatic rings. The molecule has 1 N–H and O–H groups in total. The summed E-state index contributed by atoms with van der Waals surface area (Å²) in [5, 5.41) is 3.96. The van der Waals surface area contributed by atoms with E-state index in [1.54, 1.807) is 60.4 Å². The lowest BCUT2D eigenvalue weighted by molar-refractivity contribution is 0.0131. The van der Waals surface area contributed by atoms with Crippen molar-refractivity contribution in [3.63, 3.8) is 0 Å². The highest BCUT2D eigenvalue weighted by molar-refractivity contribution is 5.98. The second kappa shape index (κ2) is 12.2. The van der Waals surface area contributed by atoms with Crippen LogP contribution in [0.25, 0.3) is 11.0 Å². The van der Waals surface area contributed by atoms with E-state index in [0.717, 1.165) is 49.6 Å². The van der Waals surface area contributed by atoms with E-state index in [4.69, 9.17) is 9.72 Å². The van der Waals surface area contributed by atoms with Gasteiger partial charge in [-0.05, 0) is 64.7 Å². The monoisotopic (exact) mass is 590 g/mol. The van der Waals surface area contributed by atoms with Gasteiger partial charge in [0.15, 0.2) is 0 Å².